The van der Waals surface area contributed by atoms with Gasteiger partial charge in [0.1, 0.15) is 5.67 Å². The van der Waals surface area contributed by atoms with Gasteiger partial charge in [0.2, 0.25) is 0 Å². The van der Waals surface area contributed by atoms with E-state index in [9.17, 15) is 22.8 Å². The van der Waals surface area contributed by atoms with Crippen LogP contribution in [-0.4, -0.2) is 39.6 Å². The molecule has 0 aliphatic carbocycles. The lowest BCUT2D eigenvalue weighted by Gasteiger charge is -2.26. The highest BCUT2D eigenvalue weighted by Gasteiger charge is 2.27. The molecule has 25 heavy (non-hydrogen) atoms. The molecule has 2 heterocycles. The molecule has 0 aromatic carbocycles. The van der Waals surface area contributed by atoms with Crippen LogP contribution >= 0.6 is 0 Å². The number of primary amides is 1. The van der Waals surface area contributed by atoms with E-state index in [1.807, 2.05) is 5.32 Å². The molecule has 0 saturated heterocycles. The zero-order valence-electron chi connectivity index (χ0n) is 13.8. The van der Waals surface area contributed by atoms with Crippen LogP contribution in [0, 0.1) is 0 Å². The van der Waals surface area contributed by atoms with Gasteiger partial charge in [-0.3, -0.25) is 9.59 Å². The summed E-state index contributed by atoms with van der Waals surface area (Å²) in [7, 11) is 0. The molecule has 0 radical (unpaired) electrons. The lowest BCUT2D eigenvalue weighted by molar-refractivity contribution is -0.126. The van der Waals surface area contributed by atoms with E-state index < -0.39 is 30.0 Å². The van der Waals surface area contributed by atoms with Crippen molar-refractivity contribution in [2.75, 3.05) is 10.6 Å². The molecule has 0 bridgehead atoms. The summed E-state index contributed by atoms with van der Waals surface area (Å²) < 4.78 is 40.1. The first kappa shape index (κ1) is 18.6. The predicted molar refractivity (Wildman–Crippen MR) is 86.6 cm³/mol. The van der Waals surface area contributed by atoms with Gasteiger partial charge in [-0.2, -0.15) is 13.9 Å². The SMILES string of the molecule is CC(Nc1c(C(N)=O)cnn2cc(NC(=O)C(F)F)cc12)C(C)(C)F. The summed E-state index contributed by atoms with van der Waals surface area (Å²) in [6, 6.07) is 0.630. The van der Waals surface area contributed by atoms with Gasteiger partial charge < -0.3 is 16.4 Å². The van der Waals surface area contributed by atoms with Gasteiger partial charge in [-0.15, -0.1) is 0 Å². The van der Waals surface area contributed by atoms with Crippen molar-refractivity contribution < 1.29 is 22.8 Å². The summed E-state index contributed by atoms with van der Waals surface area (Å²) >= 11 is 0. The summed E-state index contributed by atoms with van der Waals surface area (Å²) in [5.41, 5.74) is 4.24. The lowest BCUT2D eigenvalue weighted by atomic mass is 10.0. The van der Waals surface area contributed by atoms with Gasteiger partial charge in [-0.05, 0) is 26.8 Å². The Kier molecular flexibility index (Phi) is 4.91. The number of nitrogens with one attached hydrogen (secondary N) is 2. The predicted octanol–water partition coefficient (Wildman–Crippen LogP) is 2.19. The number of nitrogens with zero attached hydrogens (tertiary/aromatic N) is 2. The number of hydrogen-bond acceptors (Lipinski definition) is 4. The van der Waals surface area contributed by atoms with Crippen molar-refractivity contribution in [1.82, 2.24) is 9.61 Å². The highest BCUT2D eigenvalue weighted by atomic mass is 19.3. The van der Waals surface area contributed by atoms with Crippen molar-refractivity contribution in [2.24, 2.45) is 5.73 Å². The highest BCUT2D eigenvalue weighted by molar-refractivity contribution is 6.03. The van der Waals surface area contributed by atoms with Crippen LogP contribution in [0.4, 0.5) is 24.5 Å². The monoisotopic (exact) mass is 357 g/mol. The van der Waals surface area contributed by atoms with Crippen LogP contribution in [-0.2, 0) is 4.79 Å². The first-order valence-corrected chi connectivity index (χ1v) is 7.36. The topological polar surface area (TPSA) is 102 Å². The Morgan fingerprint density at radius 3 is 2.52 bits per heavy atom. The van der Waals surface area contributed by atoms with Crippen molar-refractivity contribution in [3.63, 3.8) is 0 Å². The number of amides is 2. The number of carbonyl (C=O) groups is 2. The average Bonchev–Trinajstić information content (AvgIpc) is 2.88. The molecular formula is C15H18F3N5O2. The van der Waals surface area contributed by atoms with Gasteiger partial charge in [-0.1, -0.05) is 0 Å². The Labute approximate surface area is 141 Å². The molecule has 2 amide bonds. The summed E-state index contributed by atoms with van der Waals surface area (Å²) in [6.45, 7) is 4.29. The number of fused-ring (bicyclic) bond motifs is 1. The van der Waals surface area contributed by atoms with Gasteiger partial charge in [0.15, 0.2) is 0 Å². The number of nitrogens with two attached hydrogens (primary N) is 1. The van der Waals surface area contributed by atoms with E-state index in [2.05, 4.69) is 10.4 Å². The molecule has 2 aromatic heterocycles. The van der Waals surface area contributed by atoms with E-state index in [1.165, 1.54) is 36.8 Å². The summed E-state index contributed by atoms with van der Waals surface area (Å²) in [5, 5.41) is 8.84. The number of alkyl halides is 3. The third-order valence-electron chi connectivity index (χ3n) is 3.76. The van der Waals surface area contributed by atoms with Crippen LogP contribution in [0.25, 0.3) is 5.52 Å². The largest absolute Gasteiger partial charge is 0.377 e. The van der Waals surface area contributed by atoms with Crippen molar-refractivity contribution in [2.45, 2.75) is 38.9 Å². The van der Waals surface area contributed by atoms with E-state index in [0.717, 1.165) is 0 Å². The first-order valence-electron chi connectivity index (χ1n) is 7.36. The van der Waals surface area contributed by atoms with Gasteiger partial charge in [0.25, 0.3) is 11.8 Å². The molecule has 0 saturated carbocycles. The quantitative estimate of drug-likeness (QED) is 0.737. The highest BCUT2D eigenvalue weighted by Crippen LogP contribution is 2.28. The fraction of sp³-hybridized carbons (Fsp3) is 0.400. The maximum absolute atomic E-state index is 14.1. The third-order valence-corrected chi connectivity index (χ3v) is 3.76. The molecule has 10 heteroatoms. The fourth-order valence-electron chi connectivity index (χ4n) is 2.05. The molecule has 1 unspecified atom stereocenters. The van der Waals surface area contributed by atoms with Crippen LogP contribution in [0.2, 0.25) is 0 Å². The maximum Gasteiger partial charge on any atom is 0.315 e. The number of hydrogen-bond donors (Lipinski definition) is 3. The second-order valence-corrected chi connectivity index (χ2v) is 6.08. The number of carbonyl (C=O) groups excluding carboxylic acids is 2. The van der Waals surface area contributed by atoms with Crippen LogP contribution in [0.5, 0.6) is 0 Å². The fourth-order valence-corrected chi connectivity index (χ4v) is 2.05. The van der Waals surface area contributed by atoms with Crippen LogP contribution in [0.3, 0.4) is 0 Å². The number of halogens is 3. The van der Waals surface area contributed by atoms with Crippen LogP contribution in [0.1, 0.15) is 31.1 Å². The first-order chi connectivity index (χ1) is 11.5. The lowest BCUT2D eigenvalue weighted by Crippen LogP contribution is -2.36. The Morgan fingerprint density at radius 1 is 1.36 bits per heavy atom. The van der Waals surface area contributed by atoms with Gasteiger partial charge >= 0.3 is 6.43 Å². The molecule has 2 rings (SSSR count). The third kappa shape index (κ3) is 4.01. The van der Waals surface area contributed by atoms with E-state index in [1.54, 1.807) is 6.92 Å². The van der Waals surface area contributed by atoms with E-state index in [4.69, 9.17) is 5.73 Å². The molecule has 0 aliphatic rings. The maximum atomic E-state index is 14.1. The Hall–Kier alpha value is -2.78. The van der Waals surface area contributed by atoms with Crippen molar-refractivity contribution in [1.29, 1.82) is 0 Å². The van der Waals surface area contributed by atoms with Crippen LogP contribution in [0.15, 0.2) is 18.5 Å². The number of rotatable bonds is 6. The summed E-state index contributed by atoms with van der Waals surface area (Å²) in [5.74, 6) is -2.26. The zero-order chi connectivity index (χ0) is 18.9. The van der Waals surface area contributed by atoms with E-state index >= 15 is 0 Å². The molecule has 0 spiro atoms. The second-order valence-electron chi connectivity index (χ2n) is 6.08. The molecule has 4 N–H and O–H groups in total. The molecule has 0 aliphatic heterocycles. The Morgan fingerprint density at radius 2 is 2.00 bits per heavy atom. The summed E-state index contributed by atoms with van der Waals surface area (Å²) in [6.07, 6.45) is -0.715. The van der Waals surface area contributed by atoms with Gasteiger partial charge in [-0.25, -0.2) is 8.91 Å². The minimum atomic E-state index is -3.18. The van der Waals surface area contributed by atoms with Crippen molar-refractivity contribution >= 4 is 28.7 Å². The molecule has 1 atom stereocenters. The summed E-state index contributed by atoms with van der Waals surface area (Å²) in [4.78, 5) is 22.8. The molecule has 136 valence electrons. The molecule has 2 aromatic rings. The van der Waals surface area contributed by atoms with Crippen LogP contribution < -0.4 is 16.4 Å². The van der Waals surface area contributed by atoms with E-state index in [0.29, 0.717) is 0 Å². The van der Waals surface area contributed by atoms with E-state index in [-0.39, 0.29) is 22.5 Å². The normalized spacial score (nSPS) is 13.1. The van der Waals surface area contributed by atoms with Crippen molar-refractivity contribution in [3.05, 3.63) is 24.0 Å². The molecule has 0 fully saturated rings. The van der Waals surface area contributed by atoms with Gasteiger partial charge in [0, 0.05) is 0 Å². The Bertz CT molecular complexity index is 813. The van der Waals surface area contributed by atoms with Gasteiger partial charge in [0.05, 0.1) is 40.9 Å². The molecular weight excluding hydrogens is 339 g/mol. The minimum Gasteiger partial charge on any atom is -0.377 e. The Balaban J connectivity index is 2.51. The van der Waals surface area contributed by atoms with Crippen molar-refractivity contribution in [3.8, 4) is 0 Å². The number of anilines is 2. The zero-order valence-corrected chi connectivity index (χ0v) is 13.8. The number of aromatic nitrogens is 2. The smallest absolute Gasteiger partial charge is 0.315 e. The second kappa shape index (κ2) is 6.61. The standard InChI is InChI=1S/C15H18F3N5O2/c1-7(15(2,3)18)21-11-9(13(19)24)5-20-23-6-8(4-10(11)23)22-14(25)12(16)17/h4-7,12,21H,1-3H3,(H2,19,24)(H,22,25). The molecule has 7 nitrogen and oxygen atoms in total. The minimum absolute atomic E-state index is 0.00781. The average molecular weight is 357 g/mol.